The first-order valence-electron chi connectivity index (χ1n) is 45.5. The monoisotopic (exact) mass is 1560 g/mol. The van der Waals surface area contributed by atoms with Crippen LogP contribution in [0.15, 0.2) is 0 Å². The lowest BCUT2D eigenvalue weighted by molar-refractivity contribution is -0.161. The van der Waals surface area contributed by atoms with Crippen molar-refractivity contribution in [3.05, 3.63) is 0 Å². The van der Waals surface area contributed by atoms with Crippen LogP contribution in [0.3, 0.4) is 0 Å². The van der Waals surface area contributed by atoms with Gasteiger partial charge in [0.25, 0.3) is 0 Å². The second-order valence-electron chi connectivity index (χ2n) is 32.4. The molecule has 0 fully saturated rings. The van der Waals surface area contributed by atoms with Crippen LogP contribution in [-0.4, -0.2) is 96.7 Å². The van der Waals surface area contributed by atoms with E-state index in [2.05, 4.69) is 41.5 Å². The van der Waals surface area contributed by atoms with Crippen molar-refractivity contribution in [2.75, 3.05) is 39.6 Å². The third-order valence-electron chi connectivity index (χ3n) is 21.1. The molecule has 0 aromatic rings. The summed E-state index contributed by atoms with van der Waals surface area (Å²) in [6, 6.07) is 0. The lowest BCUT2D eigenvalue weighted by Crippen LogP contribution is -2.30. The largest absolute Gasteiger partial charge is 0.472 e. The van der Waals surface area contributed by atoms with Gasteiger partial charge in [0.05, 0.1) is 26.4 Å². The van der Waals surface area contributed by atoms with Gasteiger partial charge in [-0.3, -0.25) is 37.3 Å². The summed E-state index contributed by atoms with van der Waals surface area (Å²) in [6.45, 7) is 9.65. The number of rotatable bonds is 87. The molecule has 0 spiro atoms. The van der Waals surface area contributed by atoms with Crippen molar-refractivity contribution in [3.63, 3.8) is 0 Å². The number of hydrogen-bond donors (Lipinski definition) is 3. The Hall–Kier alpha value is -1.94. The van der Waals surface area contributed by atoms with Crippen molar-refractivity contribution >= 4 is 39.5 Å². The van der Waals surface area contributed by atoms with Crippen LogP contribution >= 0.6 is 15.6 Å². The fourth-order valence-electron chi connectivity index (χ4n) is 13.7. The predicted octanol–water partition coefficient (Wildman–Crippen LogP) is 27.0. The van der Waals surface area contributed by atoms with E-state index in [0.29, 0.717) is 31.6 Å². The van der Waals surface area contributed by atoms with Crippen molar-refractivity contribution < 1.29 is 80.2 Å². The van der Waals surface area contributed by atoms with E-state index in [4.69, 9.17) is 37.0 Å². The van der Waals surface area contributed by atoms with E-state index in [9.17, 15) is 43.2 Å². The Morgan fingerprint density at radius 1 is 0.271 bits per heavy atom. The summed E-state index contributed by atoms with van der Waals surface area (Å²) in [5.74, 6) is -0.578. The molecule has 0 aliphatic carbocycles. The fourth-order valence-corrected chi connectivity index (χ4v) is 15.3. The molecule has 17 nitrogen and oxygen atoms in total. The second kappa shape index (κ2) is 79.3. The molecular weight excluding hydrogens is 1390 g/mol. The van der Waals surface area contributed by atoms with Gasteiger partial charge in [-0.05, 0) is 37.5 Å². The number of hydrogen-bond acceptors (Lipinski definition) is 15. The number of phosphoric acid groups is 2. The van der Waals surface area contributed by atoms with Gasteiger partial charge in [0.1, 0.15) is 19.3 Å². The summed E-state index contributed by atoms with van der Waals surface area (Å²) in [5.41, 5.74) is 0. The zero-order valence-electron chi connectivity index (χ0n) is 70.5. The van der Waals surface area contributed by atoms with Crippen LogP contribution in [-0.2, 0) is 65.4 Å². The van der Waals surface area contributed by atoms with Crippen LogP contribution < -0.4 is 0 Å². The highest BCUT2D eigenvalue weighted by molar-refractivity contribution is 7.47. The van der Waals surface area contributed by atoms with Crippen LogP contribution in [0.4, 0.5) is 0 Å². The highest BCUT2D eigenvalue weighted by atomic mass is 31.2. The van der Waals surface area contributed by atoms with Crippen molar-refractivity contribution in [2.24, 2.45) is 11.8 Å². The first-order chi connectivity index (χ1) is 51.9. The maximum atomic E-state index is 13.2. The minimum Gasteiger partial charge on any atom is -0.462 e. The maximum absolute atomic E-state index is 13.2. The Bertz CT molecular complexity index is 2050. The Labute approximate surface area is 658 Å². The van der Waals surface area contributed by atoms with E-state index in [0.717, 1.165) is 102 Å². The van der Waals surface area contributed by atoms with Crippen LogP contribution in [0.5, 0.6) is 0 Å². The van der Waals surface area contributed by atoms with Gasteiger partial charge in [0, 0.05) is 25.7 Å². The lowest BCUT2D eigenvalue weighted by Gasteiger charge is -2.21. The van der Waals surface area contributed by atoms with Crippen LogP contribution in [0, 0.1) is 11.8 Å². The minimum atomic E-state index is -4.97. The van der Waals surface area contributed by atoms with Crippen molar-refractivity contribution in [1.29, 1.82) is 0 Å². The summed E-state index contributed by atoms with van der Waals surface area (Å²) in [7, 11) is -9.93. The predicted molar refractivity (Wildman–Crippen MR) is 442 cm³/mol. The molecule has 107 heavy (non-hydrogen) atoms. The normalized spacial score (nSPS) is 14.0. The molecule has 0 heterocycles. The Morgan fingerprint density at radius 3 is 0.710 bits per heavy atom. The molecule has 0 radical (unpaired) electrons. The molecule has 636 valence electrons. The van der Waals surface area contributed by atoms with Gasteiger partial charge in [-0.15, -0.1) is 0 Å². The number of phosphoric ester groups is 2. The van der Waals surface area contributed by atoms with Crippen LogP contribution in [0.2, 0.25) is 0 Å². The fraction of sp³-hybridized carbons (Fsp3) is 0.955. The van der Waals surface area contributed by atoms with Gasteiger partial charge in [-0.2, -0.15) is 0 Å². The van der Waals surface area contributed by atoms with E-state index in [-0.39, 0.29) is 25.7 Å². The molecule has 19 heteroatoms. The summed E-state index contributed by atoms with van der Waals surface area (Å²) < 4.78 is 68.9. The average Bonchev–Trinajstić information content (AvgIpc) is 0.903. The number of aliphatic hydroxyl groups excluding tert-OH is 1. The molecule has 6 atom stereocenters. The lowest BCUT2D eigenvalue weighted by atomic mass is 9.99. The van der Waals surface area contributed by atoms with Gasteiger partial charge in [-0.1, -0.05) is 420 Å². The number of esters is 4. The average molecular weight is 1560 g/mol. The third-order valence-corrected chi connectivity index (χ3v) is 23.0. The van der Waals surface area contributed by atoms with E-state index >= 15 is 0 Å². The second-order valence-corrected chi connectivity index (χ2v) is 35.3. The zero-order chi connectivity index (χ0) is 78.5. The summed E-state index contributed by atoms with van der Waals surface area (Å²) in [6.07, 6.45) is 72.5. The summed E-state index contributed by atoms with van der Waals surface area (Å²) in [4.78, 5) is 73.2. The van der Waals surface area contributed by atoms with Gasteiger partial charge in [0.2, 0.25) is 0 Å². The van der Waals surface area contributed by atoms with Gasteiger partial charge < -0.3 is 33.8 Å². The molecule has 3 unspecified atom stereocenters. The number of carbonyl (C=O) groups excluding carboxylic acids is 4. The molecule has 0 amide bonds. The Kier molecular flexibility index (Phi) is 77.9. The van der Waals surface area contributed by atoms with Gasteiger partial charge in [0.15, 0.2) is 12.2 Å². The Balaban J connectivity index is 5.21. The number of unbranched alkanes of at least 4 members (excludes halogenated alkanes) is 56. The third kappa shape index (κ3) is 80.5. The molecule has 0 rings (SSSR count). The van der Waals surface area contributed by atoms with E-state index < -0.39 is 97.5 Å². The standard InChI is InChI=1S/C88H172O17P2/c1-7-10-12-14-16-18-20-22-24-26-28-29-31-33-35-40-44-48-52-60-66-72-87(92)104-83(76-98-85(90)70-64-58-51-47-43-39-34-32-30-27-25-23-21-19-17-15-13-11-8-2)78-102-106(94,95)100-74-82(89)75-101-107(96,97)103-79-84(77-99-86(91)71-65-59-55-54-56-62-68-80(4)5)105-88(93)73-67-61-53-49-45-41-37-36-38-42-46-50-57-63-69-81(6)9-3/h80-84,89H,7-79H2,1-6H3,(H,94,95)(H,96,97)/t81?,82-,83-,84-/m1/s1. The molecule has 0 saturated carbocycles. The number of ether oxygens (including phenoxy) is 4. The van der Waals surface area contributed by atoms with Gasteiger partial charge >= 0.3 is 39.5 Å². The maximum Gasteiger partial charge on any atom is 0.472 e. The molecule has 0 aromatic carbocycles. The summed E-state index contributed by atoms with van der Waals surface area (Å²) >= 11 is 0. The smallest absolute Gasteiger partial charge is 0.462 e. The molecular formula is C88H172O17P2. The first kappa shape index (κ1) is 105. The highest BCUT2D eigenvalue weighted by Crippen LogP contribution is 2.45. The minimum absolute atomic E-state index is 0.107. The molecule has 0 aromatic heterocycles. The number of aliphatic hydroxyl groups is 1. The van der Waals surface area contributed by atoms with Crippen molar-refractivity contribution in [2.45, 2.75) is 490 Å². The topological polar surface area (TPSA) is 237 Å². The van der Waals surface area contributed by atoms with E-state index in [1.807, 2.05) is 0 Å². The first-order valence-corrected chi connectivity index (χ1v) is 48.5. The van der Waals surface area contributed by atoms with E-state index in [1.54, 1.807) is 0 Å². The SMILES string of the molecule is CCCCCCCCCCCCCCCCCCCCCCCC(=O)O[C@H](COC(=O)CCCCCCCCCCCCCCCCCCCCC)COP(=O)(O)OC[C@@H](O)COP(=O)(O)OC[C@@H](COC(=O)CCCCCCCCC(C)C)OC(=O)CCCCCCCCCCCCCCCCC(C)CC. The van der Waals surface area contributed by atoms with Gasteiger partial charge in [-0.25, -0.2) is 9.13 Å². The van der Waals surface area contributed by atoms with Crippen molar-refractivity contribution in [3.8, 4) is 0 Å². The molecule has 0 aliphatic heterocycles. The number of carbonyl (C=O) groups is 4. The van der Waals surface area contributed by atoms with Crippen LogP contribution in [0.25, 0.3) is 0 Å². The molecule has 0 bridgehead atoms. The van der Waals surface area contributed by atoms with Crippen LogP contribution in [0.1, 0.15) is 472 Å². The quantitative estimate of drug-likeness (QED) is 0.0222. The highest BCUT2D eigenvalue weighted by Gasteiger charge is 2.31. The van der Waals surface area contributed by atoms with Crippen molar-refractivity contribution in [1.82, 2.24) is 0 Å². The van der Waals surface area contributed by atoms with E-state index in [1.165, 1.54) is 283 Å². The molecule has 0 aliphatic rings. The molecule has 3 N–H and O–H groups in total. The molecule has 0 saturated heterocycles. The summed E-state index contributed by atoms with van der Waals surface area (Å²) in [5, 5.41) is 10.7. The zero-order valence-corrected chi connectivity index (χ0v) is 72.2. The Morgan fingerprint density at radius 2 is 0.477 bits per heavy atom.